The maximum absolute atomic E-state index is 13.4. The summed E-state index contributed by atoms with van der Waals surface area (Å²) in [5, 5.41) is 22.8. The van der Waals surface area contributed by atoms with E-state index in [0.717, 1.165) is 17.2 Å². The summed E-state index contributed by atoms with van der Waals surface area (Å²) >= 11 is 0. The van der Waals surface area contributed by atoms with Crippen molar-refractivity contribution in [2.45, 2.75) is 56.1 Å². The minimum Gasteiger partial charge on any atom is -0.440 e. The number of rotatable bonds is 14. The van der Waals surface area contributed by atoms with Crippen LogP contribution in [0.1, 0.15) is 37.0 Å². The summed E-state index contributed by atoms with van der Waals surface area (Å²) < 4.78 is 34.9. The second-order valence-electron chi connectivity index (χ2n) is 10.2. The zero-order valence-electron chi connectivity index (χ0n) is 22.5. The monoisotopic (exact) mass is 569 g/mol. The minimum atomic E-state index is -4.22. The molecule has 1 atom stereocenters. The number of hydrogen-bond acceptors (Lipinski definition) is 7. The molecule has 4 N–H and O–H groups in total. The minimum absolute atomic E-state index is 0.0612. The van der Waals surface area contributed by atoms with E-state index in [1.54, 1.807) is 48.5 Å². The third-order valence-electron chi connectivity index (χ3n) is 6.61. The zero-order valence-corrected chi connectivity index (χ0v) is 23.3. The number of carbonyl (C=O) groups is 1. The molecule has 3 rings (SSSR count). The highest BCUT2D eigenvalue weighted by Gasteiger charge is 2.42. The average molecular weight is 570 g/mol. The number of aliphatic hydroxyl groups excluding tert-OH is 1. The van der Waals surface area contributed by atoms with Gasteiger partial charge in [0.15, 0.2) is 0 Å². The van der Waals surface area contributed by atoms with Gasteiger partial charge in [0, 0.05) is 31.5 Å². The largest absolute Gasteiger partial charge is 0.440 e. The number of carbonyl (C=O) groups excluding carboxylic acids is 1. The van der Waals surface area contributed by atoms with Gasteiger partial charge in [0.25, 0.3) is 5.69 Å². The van der Waals surface area contributed by atoms with Gasteiger partial charge < -0.3 is 15.6 Å². The molecule has 0 fully saturated rings. The number of nitro benzene ring substituents is 1. The van der Waals surface area contributed by atoms with Crippen LogP contribution in [0.4, 0.5) is 10.5 Å². The fraction of sp³-hybridized carbons (Fsp3) is 0.345. The number of nitrogens with zero attached hydrogens (tertiary/aromatic N) is 1. The van der Waals surface area contributed by atoms with E-state index < -0.39 is 39.3 Å². The molecule has 40 heavy (non-hydrogen) atoms. The van der Waals surface area contributed by atoms with Crippen LogP contribution in [-0.4, -0.2) is 42.8 Å². The first-order valence-electron chi connectivity index (χ1n) is 12.9. The first-order valence-corrected chi connectivity index (χ1v) is 14.4. The number of benzene rings is 3. The Hall–Kier alpha value is -3.80. The second kappa shape index (κ2) is 13.5. The summed E-state index contributed by atoms with van der Waals surface area (Å²) in [5.74, 6) is 0.243. The van der Waals surface area contributed by atoms with Gasteiger partial charge in [-0.25, -0.2) is 17.9 Å². The van der Waals surface area contributed by atoms with Gasteiger partial charge in [-0.15, -0.1) is 0 Å². The van der Waals surface area contributed by atoms with Crippen LogP contribution in [0.15, 0.2) is 83.8 Å². The Morgan fingerprint density at radius 1 is 1.02 bits per heavy atom. The van der Waals surface area contributed by atoms with Crippen LogP contribution in [0.25, 0.3) is 0 Å². The third kappa shape index (κ3) is 8.35. The molecule has 1 amide bonds. The molecule has 0 aliphatic heterocycles. The van der Waals surface area contributed by atoms with Crippen molar-refractivity contribution >= 4 is 21.8 Å². The van der Waals surface area contributed by atoms with Crippen molar-refractivity contribution in [2.75, 3.05) is 6.54 Å². The Labute approximate surface area is 234 Å². The summed E-state index contributed by atoms with van der Waals surface area (Å²) in [4.78, 5) is 22.7. The van der Waals surface area contributed by atoms with E-state index in [1.807, 2.05) is 26.0 Å². The van der Waals surface area contributed by atoms with E-state index in [4.69, 9.17) is 10.5 Å². The highest BCUT2D eigenvalue weighted by atomic mass is 32.2. The van der Waals surface area contributed by atoms with Crippen LogP contribution < -0.4 is 10.5 Å². The molecule has 0 bridgehead atoms. The van der Waals surface area contributed by atoms with Crippen molar-refractivity contribution in [3.8, 4) is 0 Å². The van der Waals surface area contributed by atoms with E-state index in [1.165, 1.54) is 12.1 Å². The molecular weight excluding hydrogens is 534 g/mol. The van der Waals surface area contributed by atoms with Gasteiger partial charge in [0.2, 0.25) is 10.0 Å². The lowest BCUT2D eigenvalue weighted by atomic mass is 9.83. The third-order valence-corrected chi connectivity index (χ3v) is 8.13. The summed E-state index contributed by atoms with van der Waals surface area (Å²) in [6, 6.07) is 21.7. The van der Waals surface area contributed by atoms with E-state index in [2.05, 4.69) is 4.72 Å². The summed E-state index contributed by atoms with van der Waals surface area (Å²) in [7, 11) is -4.22. The first kappa shape index (κ1) is 30.7. The quantitative estimate of drug-likeness (QED) is 0.194. The predicted octanol–water partition coefficient (Wildman–Crippen LogP) is 4.14. The normalized spacial score (nSPS) is 12.7. The molecular formula is C29H35N3O7S. The lowest BCUT2D eigenvalue weighted by Crippen LogP contribution is -2.55. The molecule has 0 unspecified atom stereocenters. The molecule has 0 saturated carbocycles. The van der Waals surface area contributed by atoms with Crippen molar-refractivity contribution < 1.29 is 28.0 Å². The van der Waals surface area contributed by atoms with Crippen LogP contribution in [0, 0.1) is 16.0 Å². The molecule has 0 spiro atoms. The number of aryl methyl sites for hydroxylation is 1. The summed E-state index contributed by atoms with van der Waals surface area (Å²) in [5.41, 5.74) is 5.42. The molecule has 214 valence electrons. The number of aliphatic hydroxyl groups is 1. The Bertz CT molecular complexity index is 1360. The van der Waals surface area contributed by atoms with E-state index in [9.17, 15) is 28.4 Å². The smallest absolute Gasteiger partial charge is 0.405 e. The maximum Gasteiger partial charge on any atom is 0.405 e. The van der Waals surface area contributed by atoms with Crippen molar-refractivity contribution in [2.24, 2.45) is 11.7 Å². The molecule has 0 aliphatic carbocycles. The van der Waals surface area contributed by atoms with Crippen molar-refractivity contribution in [3.63, 3.8) is 0 Å². The number of nitrogens with one attached hydrogen (secondary N) is 1. The van der Waals surface area contributed by atoms with E-state index >= 15 is 0 Å². The SMILES string of the molecule is CC(C)CCc1cc([N+](=O)[O-])ccc1S(=O)(=O)NC[C@@H](O)C(Cc1ccccc1)(Cc1ccccc1)OC(N)=O. The Morgan fingerprint density at radius 2 is 1.57 bits per heavy atom. The summed E-state index contributed by atoms with van der Waals surface area (Å²) in [6.07, 6.45) is -1.56. The number of sulfonamides is 1. The van der Waals surface area contributed by atoms with Crippen molar-refractivity contribution in [3.05, 3.63) is 106 Å². The lowest BCUT2D eigenvalue weighted by Gasteiger charge is -2.37. The molecule has 10 nitrogen and oxygen atoms in total. The lowest BCUT2D eigenvalue weighted by molar-refractivity contribution is -0.385. The molecule has 3 aromatic rings. The topological polar surface area (TPSA) is 162 Å². The molecule has 11 heteroatoms. The number of ether oxygens (including phenoxy) is 1. The predicted molar refractivity (Wildman–Crippen MR) is 151 cm³/mol. The van der Waals surface area contributed by atoms with Crippen molar-refractivity contribution in [1.29, 1.82) is 0 Å². The second-order valence-corrected chi connectivity index (χ2v) is 11.9. The molecule has 0 radical (unpaired) electrons. The van der Waals surface area contributed by atoms with E-state index in [-0.39, 0.29) is 29.3 Å². The van der Waals surface area contributed by atoms with Crippen LogP contribution >= 0.6 is 0 Å². The fourth-order valence-electron chi connectivity index (χ4n) is 4.55. The highest BCUT2D eigenvalue weighted by molar-refractivity contribution is 7.89. The maximum atomic E-state index is 13.4. The van der Waals surface area contributed by atoms with Gasteiger partial charge in [0.05, 0.1) is 9.82 Å². The van der Waals surface area contributed by atoms with Gasteiger partial charge in [-0.3, -0.25) is 10.1 Å². The number of amides is 1. The standard InChI is InChI=1S/C29H35N3O7S/c1-21(2)13-14-24-17-25(32(35)36)15-16-26(24)40(37,38)31-20-27(33)29(39-28(30)34,18-22-9-5-3-6-10-22)19-23-11-7-4-8-12-23/h3-12,15-17,21,27,31,33H,13-14,18-20H2,1-2H3,(H2,30,34)/t27-/m1/s1. The Balaban J connectivity index is 1.95. The Kier molecular flexibility index (Phi) is 10.4. The molecule has 0 heterocycles. The van der Waals surface area contributed by atoms with Gasteiger partial charge in [-0.1, -0.05) is 74.5 Å². The molecule has 0 aliphatic rings. The van der Waals surface area contributed by atoms with Gasteiger partial charge in [0.1, 0.15) is 11.7 Å². The van der Waals surface area contributed by atoms with Gasteiger partial charge in [-0.2, -0.15) is 0 Å². The number of nitrogens with two attached hydrogens (primary N) is 1. The number of primary amides is 1. The number of nitro groups is 1. The van der Waals surface area contributed by atoms with Crippen LogP contribution in [-0.2, 0) is 34.0 Å². The number of hydrogen-bond donors (Lipinski definition) is 3. The highest BCUT2D eigenvalue weighted by Crippen LogP contribution is 2.29. The summed E-state index contributed by atoms with van der Waals surface area (Å²) in [6.45, 7) is 3.44. The van der Waals surface area contributed by atoms with Gasteiger partial charge in [-0.05, 0) is 41.5 Å². The number of non-ortho nitro benzene ring substituents is 1. The zero-order chi connectivity index (χ0) is 29.3. The Morgan fingerprint density at radius 3 is 2.05 bits per heavy atom. The van der Waals surface area contributed by atoms with Crippen molar-refractivity contribution in [1.82, 2.24) is 4.72 Å². The molecule has 0 saturated heterocycles. The average Bonchev–Trinajstić information content (AvgIpc) is 2.91. The fourth-order valence-corrected chi connectivity index (χ4v) is 5.84. The van der Waals surface area contributed by atoms with Crippen LogP contribution in [0.5, 0.6) is 0 Å². The molecule has 3 aromatic carbocycles. The molecule has 0 aromatic heterocycles. The van der Waals surface area contributed by atoms with Gasteiger partial charge >= 0.3 is 6.09 Å². The first-order chi connectivity index (χ1) is 18.9. The van der Waals surface area contributed by atoms with Crippen LogP contribution in [0.3, 0.4) is 0 Å². The van der Waals surface area contributed by atoms with Crippen LogP contribution in [0.2, 0.25) is 0 Å². The van der Waals surface area contributed by atoms with E-state index in [0.29, 0.717) is 18.4 Å².